The normalized spacial score (nSPS) is 11.0. The van der Waals surface area contributed by atoms with Crippen molar-refractivity contribution in [2.45, 2.75) is 6.54 Å². The van der Waals surface area contributed by atoms with E-state index < -0.39 is 6.09 Å². The van der Waals surface area contributed by atoms with Crippen molar-refractivity contribution in [2.24, 2.45) is 0 Å². The van der Waals surface area contributed by atoms with Gasteiger partial charge in [0.2, 0.25) is 0 Å². The van der Waals surface area contributed by atoms with Crippen molar-refractivity contribution < 1.29 is 13.9 Å². The van der Waals surface area contributed by atoms with Gasteiger partial charge in [0.25, 0.3) is 0 Å². The smallest absolute Gasteiger partial charge is 0.413 e. The zero-order valence-electron chi connectivity index (χ0n) is 16.0. The molecule has 0 atom stereocenters. The number of carbonyl (C=O) groups is 1. The minimum absolute atomic E-state index is 0.0127. The summed E-state index contributed by atoms with van der Waals surface area (Å²) in [7, 11) is 2.68. The molecule has 0 aliphatic heterocycles. The number of nitrogen functional groups attached to an aromatic ring is 2. The Morgan fingerprint density at radius 1 is 1.30 bits per heavy atom. The number of fused-ring (bicyclic) bond motifs is 1. The zero-order valence-corrected chi connectivity index (χ0v) is 16.9. The van der Waals surface area contributed by atoms with E-state index in [0.29, 0.717) is 21.6 Å². The number of hydrogen-bond donors (Lipinski definition) is 2. The maximum absolute atomic E-state index is 13.9. The number of ether oxygens (including phenoxy) is 1. The van der Waals surface area contributed by atoms with Gasteiger partial charge in [-0.1, -0.05) is 0 Å². The van der Waals surface area contributed by atoms with Gasteiger partial charge in [-0.05, 0) is 23.6 Å². The lowest BCUT2D eigenvalue weighted by Crippen LogP contribution is -2.28. The van der Waals surface area contributed by atoms with Crippen molar-refractivity contribution in [1.82, 2.24) is 24.7 Å². The van der Waals surface area contributed by atoms with Gasteiger partial charge in [-0.2, -0.15) is 5.10 Å². The Labute approximate surface area is 173 Å². The number of rotatable bonds is 4. The number of nitrogens with zero attached hydrogens (tertiary/aromatic N) is 6. The van der Waals surface area contributed by atoms with Crippen LogP contribution in [-0.2, 0) is 11.3 Å². The molecule has 1 amide bonds. The lowest BCUT2D eigenvalue weighted by Gasteiger charge is -2.18. The Balaban J connectivity index is 1.82. The molecular weight excluding hydrogens is 411 g/mol. The summed E-state index contributed by atoms with van der Waals surface area (Å²) >= 11 is 1.29. The first-order valence-electron chi connectivity index (χ1n) is 8.69. The summed E-state index contributed by atoms with van der Waals surface area (Å²) in [5.41, 5.74) is 13.2. The summed E-state index contributed by atoms with van der Waals surface area (Å²) in [5.74, 6) is -0.168. The largest absolute Gasteiger partial charge is 0.452 e. The van der Waals surface area contributed by atoms with Gasteiger partial charge in [0.05, 0.1) is 23.9 Å². The topological polar surface area (TPSA) is 138 Å². The molecule has 154 valence electrons. The average molecular weight is 428 g/mol. The van der Waals surface area contributed by atoms with Crippen molar-refractivity contribution in [2.75, 3.05) is 30.5 Å². The molecule has 0 fully saturated rings. The second-order valence-electron chi connectivity index (χ2n) is 6.27. The van der Waals surface area contributed by atoms with E-state index in [2.05, 4.69) is 24.8 Å². The number of anilines is 3. The van der Waals surface area contributed by atoms with Crippen LogP contribution in [0.3, 0.4) is 0 Å². The Hall–Kier alpha value is -3.80. The minimum atomic E-state index is -0.665. The van der Waals surface area contributed by atoms with Crippen LogP contribution < -0.4 is 16.4 Å². The number of methoxy groups -OCH3 is 1. The highest BCUT2D eigenvalue weighted by Gasteiger charge is 2.23. The number of nitrogens with two attached hydrogens (primary N) is 2. The molecule has 0 aliphatic carbocycles. The molecule has 0 spiro atoms. The molecule has 4 rings (SSSR count). The summed E-state index contributed by atoms with van der Waals surface area (Å²) in [6, 6.07) is 4.95. The van der Waals surface area contributed by atoms with E-state index in [1.807, 2.05) is 0 Å². The molecule has 0 aliphatic rings. The molecule has 4 N–H and O–H groups in total. The van der Waals surface area contributed by atoms with Crippen LogP contribution in [-0.4, -0.2) is 45.0 Å². The summed E-state index contributed by atoms with van der Waals surface area (Å²) in [6.07, 6.45) is 0.953. The Morgan fingerprint density at radius 3 is 2.67 bits per heavy atom. The van der Waals surface area contributed by atoms with Crippen LogP contribution in [0.1, 0.15) is 4.88 Å². The fourth-order valence-corrected chi connectivity index (χ4v) is 3.76. The standard InChI is InChI=1S/C18H17FN8O2S/c1-26(18(28)29-2)13-14(20)23-16(24-15(13)21)12-9-4-3-6-22-17(9)27(25-12)8-11-10(19)5-7-30-11/h3-7H,8H2,1-2H3,(H4,20,21,23,24). The van der Waals surface area contributed by atoms with Crippen molar-refractivity contribution in [1.29, 1.82) is 0 Å². The molecule has 0 saturated heterocycles. The first-order valence-corrected chi connectivity index (χ1v) is 9.57. The predicted molar refractivity (Wildman–Crippen MR) is 112 cm³/mol. The van der Waals surface area contributed by atoms with Crippen LogP contribution in [0.2, 0.25) is 0 Å². The Bertz CT molecular complexity index is 1230. The van der Waals surface area contributed by atoms with E-state index >= 15 is 0 Å². The van der Waals surface area contributed by atoms with Crippen LogP contribution in [0.5, 0.6) is 0 Å². The summed E-state index contributed by atoms with van der Waals surface area (Å²) < 4.78 is 20.2. The third-order valence-electron chi connectivity index (χ3n) is 4.43. The minimum Gasteiger partial charge on any atom is -0.452 e. The predicted octanol–water partition coefficient (Wildman–Crippen LogP) is 2.50. The third-order valence-corrected chi connectivity index (χ3v) is 5.31. The third kappa shape index (κ3) is 3.26. The van der Waals surface area contributed by atoms with Gasteiger partial charge in [0, 0.05) is 13.2 Å². The summed E-state index contributed by atoms with van der Waals surface area (Å²) in [4.78, 5) is 26.4. The second kappa shape index (κ2) is 7.55. The van der Waals surface area contributed by atoms with Gasteiger partial charge in [0.1, 0.15) is 17.2 Å². The monoisotopic (exact) mass is 428 g/mol. The summed E-state index contributed by atoms with van der Waals surface area (Å²) in [5, 5.41) is 6.86. The maximum Gasteiger partial charge on any atom is 0.413 e. The highest BCUT2D eigenvalue weighted by Crippen LogP contribution is 2.32. The van der Waals surface area contributed by atoms with Crippen LogP contribution >= 0.6 is 11.3 Å². The van der Waals surface area contributed by atoms with Gasteiger partial charge in [-0.25, -0.2) is 28.8 Å². The van der Waals surface area contributed by atoms with Gasteiger partial charge in [-0.15, -0.1) is 11.3 Å². The SMILES string of the molecule is COC(=O)N(C)c1c(N)nc(-c2nn(Cc3sccc3F)c3ncccc23)nc1N. The first-order chi connectivity index (χ1) is 14.4. The average Bonchev–Trinajstić information content (AvgIpc) is 3.30. The number of hydrogen-bond acceptors (Lipinski definition) is 9. The lowest BCUT2D eigenvalue weighted by molar-refractivity contribution is 0.180. The fourth-order valence-electron chi connectivity index (χ4n) is 3.03. The molecule has 12 heteroatoms. The van der Waals surface area contributed by atoms with Crippen LogP contribution in [0.25, 0.3) is 22.6 Å². The van der Waals surface area contributed by atoms with Gasteiger partial charge in [0.15, 0.2) is 23.1 Å². The van der Waals surface area contributed by atoms with Gasteiger partial charge in [-0.3, -0.25) is 4.90 Å². The first kappa shape index (κ1) is 19.5. The van der Waals surface area contributed by atoms with Crippen LogP contribution in [0.15, 0.2) is 29.8 Å². The quantitative estimate of drug-likeness (QED) is 0.506. The maximum atomic E-state index is 13.9. The van der Waals surface area contributed by atoms with Crippen molar-refractivity contribution in [3.63, 3.8) is 0 Å². The molecule has 4 aromatic heterocycles. The van der Waals surface area contributed by atoms with Crippen LogP contribution in [0, 0.1) is 5.82 Å². The molecular formula is C18H17FN8O2S. The molecule has 0 saturated carbocycles. The molecule has 30 heavy (non-hydrogen) atoms. The van der Waals surface area contributed by atoms with Gasteiger partial charge >= 0.3 is 6.09 Å². The van der Waals surface area contributed by atoms with Crippen molar-refractivity contribution in [3.05, 3.63) is 40.5 Å². The van der Waals surface area contributed by atoms with Gasteiger partial charge < -0.3 is 16.2 Å². The van der Waals surface area contributed by atoms with E-state index in [0.717, 1.165) is 4.90 Å². The molecule has 0 bridgehead atoms. The number of aromatic nitrogens is 5. The number of pyridine rings is 1. The second-order valence-corrected chi connectivity index (χ2v) is 7.27. The number of carbonyl (C=O) groups excluding carboxylic acids is 1. The molecule has 4 aromatic rings. The molecule has 10 nitrogen and oxygen atoms in total. The fraction of sp³-hybridized carbons (Fsp3) is 0.167. The van der Waals surface area contributed by atoms with Crippen molar-refractivity contribution in [3.8, 4) is 11.5 Å². The Morgan fingerprint density at radius 2 is 2.03 bits per heavy atom. The van der Waals surface area contributed by atoms with E-state index in [-0.39, 0.29) is 35.5 Å². The Kier molecular flexibility index (Phi) is 4.91. The van der Waals surface area contributed by atoms with Crippen LogP contribution in [0.4, 0.5) is 26.5 Å². The molecule has 0 aromatic carbocycles. The number of halogens is 1. The highest BCUT2D eigenvalue weighted by molar-refractivity contribution is 7.09. The van der Waals surface area contributed by atoms with Crippen molar-refractivity contribution >= 4 is 45.8 Å². The lowest BCUT2D eigenvalue weighted by atomic mass is 10.2. The van der Waals surface area contributed by atoms with E-state index in [1.165, 1.54) is 31.6 Å². The molecule has 0 radical (unpaired) electrons. The zero-order chi connectivity index (χ0) is 21.4. The number of amides is 1. The van der Waals surface area contributed by atoms with E-state index in [4.69, 9.17) is 11.5 Å². The molecule has 0 unspecified atom stereocenters. The summed E-state index contributed by atoms with van der Waals surface area (Å²) in [6.45, 7) is 0.200. The number of thiophene rings is 1. The molecule has 4 heterocycles. The van der Waals surface area contributed by atoms with E-state index in [1.54, 1.807) is 28.4 Å². The highest BCUT2D eigenvalue weighted by atomic mass is 32.1. The van der Waals surface area contributed by atoms with E-state index in [9.17, 15) is 9.18 Å².